The Kier molecular flexibility index (Phi) is 6.13. The van der Waals surface area contributed by atoms with Gasteiger partial charge in [0.15, 0.2) is 0 Å². The number of ether oxygens (including phenoxy) is 1. The molecular formula is C15H23Cl2NO. The molecule has 0 aliphatic heterocycles. The van der Waals surface area contributed by atoms with Crippen LogP contribution >= 0.6 is 23.2 Å². The average Bonchev–Trinajstić information content (AvgIpc) is 2.31. The largest absolute Gasteiger partial charge is 0.379 e. The second-order valence-electron chi connectivity index (χ2n) is 5.63. The van der Waals surface area contributed by atoms with Gasteiger partial charge in [-0.3, -0.25) is 0 Å². The molecule has 108 valence electrons. The topological polar surface area (TPSA) is 21.3 Å². The van der Waals surface area contributed by atoms with Gasteiger partial charge in [-0.25, -0.2) is 0 Å². The van der Waals surface area contributed by atoms with Crippen LogP contribution in [0.2, 0.25) is 10.0 Å². The summed E-state index contributed by atoms with van der Waals surface area (Å²) in [7, 11) is 1.75. The van der Waals surface area contributed by atoms with Crippen molar-refractivity contribution in [2.75, 3.05) is 7.11 Å². The second-order valence-corrected chi connectivity index (χ2v) is 6.45. The van der Waals surface area contributed by atoms with Crippen LogP contribution in [0.25, 0.3) is 0 Å². The zero-order valence-electron chi connectivity index (χ0n) is 12.3. The highest BCUT2D eigenvalue weighted by atomic mass is 35.5. The van der Waals surface area contributed by atoms with Gasteiger partial charge in [0.1, 0.15) is 0 Å². The molecule has 0 bridgehead atoms. The molecule has 0 aliphatic rings. The van der Waals surface area contributed by atoms with Gasteiger partial charge in [-0.15, -0.1) is 0 Å². The van der Waals surface area contributed by atoms with Gasteiger partial charge in [0, 0.05) is 19.2 Å². The average molecular weight is 304 g/mol. The van der Waals surface area contributed by atoms with Crippen molar-refractivity contribution in [3.05, 3.63) is 33.8 Å². The molecule has 0 radical (unpaired) electrons. The minimum atomic E-state index is -0.121. The fourth-order valence-corrected chi connectivity index (χ4v) is 2.49. The summed E-state index contributed by atoms with van der Waals surface area (Å²) >= 11 is 12.0. The molecule has 19 heavy (non-hydrogen) atoms. The van der Waals surface area contributed by atoms with Crippen molar-refractivity contribution in [3.8, 4) is 0 Å². The molecule has 2 nitrogen and oxygen atoms in total. The van der Waals surface area contributed by atoms with E-state index in [4.69, 9.17) is 27.9 Å². The summed E-state index contributed by atoms with van der Waals surface area (Å²) in [6.07, 6.45) is 0.940. The highest BCUT2D eigenvalue weighted by Gasteiger charge is 2.21. The Balaban J connectivity index is 2.63. The lowest BCUT2D eigenvalue weighted by atomic mass is 9.98. The predicted octanol–water partition coefficient (Wildman–Crippen LogP) is 4.85. The zero-order valence-corrected chi connectivity index (χ0v) is 13.8. The predicted molar refractivity (Wildman–Crippen MR) is 83.2 cm³/mol. The van der Waals surface area contributed by atoms with E-state index in [1.54, 1.807) is 7.11 Å². The maximum atomic E-state index is 6.04. The minimum Gasteiger partial charge on any atom is -0.379 e. The molecule has 1 N–H and O–H groups in total. The van der Waals surface area contributed by atoms with Crippen molar-refractivity contribution in [1.82, 2.24) is 5.32 Å². The SMILES string of the molecule is COC(C)(C)CC(C)NC(C)c1ccc(Cl)c(Cl)c1. The summed E-state index contributed by atoms with van der Waals surface area (Å²) in [5.41, 5.74) is 1.01. The summed E-state index contributed by atoms with van der Waals surface area (Å²) in [4.78, 5) is 0. The first-order chi connectivity index (χ1) is 8.75. The second kappa shape index (κ2) is 6.94. The summed E-state index contributed by atoms with van der Waals surface area (Å²) in [6, 6.07) is 6.31. The Morgan fingerprint density at radius 1 is 1.21 bits per heavy atom. The Morgan fingerprint density at radius 2 is 1.84 bits per heavy atom. The molecule has 1 aromatic carbocycles. The van der Waals surface area contributed by atoms with Gasteiger partial charge in [-0.1, -0.05) is 29.3 Å². The van der Waals surface area contributed by atoms with E-state index in [1.807, 2.05) is 18.2 Å². The highest BCUT2D eigenvalue weighted by Crippen LogP contribution is 2.26. The van der Waals surface area contributed by atoms with Crippen molar-refractivity contribution in [2.24, 2.45) is 0 Å². The lowest BCUT2D eigenvalue weighted by Gasteiger charge is -2.29. The first-order valence-electron chi connectivity index (χ1n) is 6.51. The Morgan fingerprint density at radius 3 is 2.37 bits per heavy atom. The van der Waals surface area contributed by atoms with E-state index in [1.165, 1.54) is 0 Å². The van der Waals surface area contributed by atoms with Crippen LogP contribution in [0, 0.1) is 0 Å². The van der Waals surface area contributed by atoms with E-state index < -0.39 is 0 Å². The number of methoxy groups -OCH3 is 1. The first-order valence-corrected chi connectivity index (χ1v) is 7.27. The van der Waals surface area contributed by atoms with Crippen LogP contribution in [0.4, 0.5) is 0 Å². The third kappa shape index (κ3) is 5.31. The summed E-state index contributed by atoms with van der Waals surface area (Å²) < 4.78 is 5.45. The maximum absolute atomic E-state index is 6.04. The van der Waals surface area contributed by atoms with Crippen molar-refractivity contribution < 1.29 is 4.74 Å². The van der Waals surface area contributed by atoms with E-state index in [-0.39, 0.29) is 11.6 Å². The molecule has 0 fully saturated rings. The van der Waals surface area contributed by atoms with Crippen LogP contribution in [0.15, 0.2) is 18.2 Å². The van der Waals surface area contributed by atoms with Gasteiger partial charge in [0.2, 0.25) is 0 Å². The normalized spacial score (nSPS) is 15.3. The first kappa shape index (κ1) is 16.8. The summed E-state index contributed by atoms with van der Waals surface area (Å²) in [5, 5.41) is 4.74. The van der Waals surface area contributed by atoms with Gasteiger partial charge < -0.3 is 10.1 Å². The number of rotatable bonds is 6. The standard InChI is InChI=1S/C15H23Cl2NO/c1-10(9-15(3,4)19-5)18-11(2)12-6-7-13(16)14(17)8-12/h6-8,10-11,18H,9H2,1-5H3. The van der Waals surface area contributed by atoms with E-state index in [0.717, 1.165) is 12.0 Å². The molecule has 1 aromatic rings. The smallest absolute Gasteiger partial charge is 0.0637 e. The molecule has 0 saturated carbocycles. The van der Waals surface area contributed by atoms with Crippen LogP contribution in [0.5, 0.6) is 0 Å². The van der Waals surface area contributed by atoms with Crippen LogP contribution in [0.1, 0.15) is 45.7 Å². The molecule has 0 aliphatic carbocycles. The molecule has 0 amide bonds. The lowest BCUT2D eigenvalue weighted by molar-refractivity contribution is 0.00782. The third-order valence-electron chi connectivity index (χ3n) is 3.33. The zero-order chi connectivity index (χ0) is 14.6. The van der Waals surface area contributed by atoms with Crippen LogP contribution in [-0.2, 0) is 4.74 Å². The van der Waals surface area contributed by atoms with Crippen LogP contribution in [-0.4, -0.2) is 18.8 Å². The van der Waals surface area contributed by atoms with E-state index in [0.29, 0.717) is 16.1 Å². The van der Waals surface area contributed by atoms with Crippen molar-refractivity contribution in [3.63, 3.8) is 0 Å². The van der Waals surface area contributed by atoms with Crippen molar-refractivity contribution in [2.45, 2.75) is 51.8 Å². The summed E-state index contributed by atoms with van der Waals surface area (Å²) in [5.74, 6) is 0. The molecule has 4 heteroatoms. The fourth-order valence-electron chi connectivity index (χ4n) is 2.18. The van der Waals surface area contributed by atoms with Gasteiger partial charge in [0.05, 0.1) is 15.6 Å². The number of halogens is 2. The van der Waals surface area contributed by atoms with Crippen LogP contribution < -0.4 is 5.32 Å². The van der Waals surface area contributed by atoms with Gasteiger partial charge in [-0.2, -0.15) is 0 Å². The quantitative estimate of drug-likeness (QED) is 0.811. The Bertz CT molecular complexity index is 421. The van der Waals surface area contributed by atoms with Gasteiger partial charge >= 0.3 is 0 Å². The highest BCUT2D eigenvalue weighted by molar-refractivity contribution is 6.42. The molecule has 0 heterocycles. The van der Waals surface area contributed by atoms with Gasteiger partial charge in [-0.05, 0) is 51.8 Å². The molecule has 2 atom stereocenters. The molecule has 2 unspecified atom stereocenters. The molecular weight excluding hydrogens is 281 g/mol. The number of benzene rings is 1. The van der Waals surface area contributed by atoms with Crippen molar-refractivity contribution >= 4 is 23.2 Å². The lowest BCUT2D eigenvalue weighted by Crippen LogP contribution is -2.36. The van der Waals surface area contributed by atoms with E-state index >= 15 is 0 Å². The van der Waals surface area contributed by atoms with Gasteiger partial charge in [0.25, 0.3) is 0 Å². The number of nitrogens with one attached hydrogen (secondary N) is 1. The van der Waals surface area contributed by atoms with Crippen molar-refractivity contribution in [1.29, 1.82) is 0 Å². The Labute approximate surface area is 126 Å². The fraction of sp³-hybridized carbons (Fsp3) is 0.600. The molecule has 0 saturated heterocycles. The maximum Gasteiger partial charge on any atom is 0.0637 e. The van der Waals surface area contributed by atoms with Crippen LogP contribution in [0.3, 0.4) is 0 Å². The van der Waals surface area contributed by atoms with E-state index in [9.17, 15) is 0 Å². The number of hydrogen-bond donors (Lipinski definition) is 1. The monoisotopic (exact) mass is 303 g/mol. The Hall–Kier alpha value is -0.280. The number of hydrogen-bond acceptors (Lipinski definition) is 2. The summed E-state index contributed by atoms with van der Waals surface area (Å²) in [6.45, 7) is 8.47. The van der Waals surface area contributed by atoms with E-state index in [2.05, 4.69) is 33.0 Å². The minimum absolute atomic E-state index is 0.121. The molecule has 1 rings (SSSR count). The third-order valence-corrected chi connectivity index (χ3v) is 4.07. The molecule has 0 aromatic heterocycles. The molecule has 0 spiro atoms.